The molecule has 1 unspecified atom stereocenters. The molecule has 0 bridgehead atoms. The van der Waals surface area contributed by atoms with Crippen LogP contribution in [0.5, 0.6) is 5.75 Å². The zero-order valence-corrected chi connectivity index (χ0v) is 10.5. The maximum atomic E-state index is 11.2. The number of carboxylic acids is 1. The molecule has 5 nitrogen and oxygen atoms in total. The average Bonchev–Trinajstić information content (AvgIpc) is 2.38. The van der Waals surface area contributed by atoms with Crippen LogP contribution < -0.4 is 10.1 Å². The first-order valence-electron chi connectivity index (χ1n) is 5.72. The van der Waals surface area contributed by atoms with Crippen LogP contribution in [-0.4, -0.2) is 30.1 Å². The number of benzene rings is 1. The van der Waals surface area contributed by atoms with Crippen LogP contribution >= 0.6 is 0 Å². The van der Waals surface area contributed by atoms with Crippen molar-refractivity contribution >= 4 is 11.9 Å². The maximum Gasteiger partial charge on any atom is 0.326 e. The van der Waals surface area contributed by atoms with Crippen LogP contribution in [0.3, 0.4) is 0 Å². The van der Waals surface area contributed by atoms with E-state index in [1.165, 1.54) is 0 Å². The molecule has 1 rings (SSSR count). The molecule has 0 aliphatic rings. The Kier molecular flexibility index (Phi) is 5.17. The number of amides is 1. The van der Waals surface area contributed by atoms with Crippen LogP contribution in [-0.2, 0) is 16.0 Å². The van der Waals surface area contributed by atoms with Crippen molar-refractivity contribution in [1.82, 2.24) is 5.32 Å². The molecule has 0 radical (unpaired) electrons. The Bertz CT molecular complexity index is 414. The van der Waals surface area contributed by atoms with E-state index in [9.17, 15) is 9.59 Å². The summed E-state index contributed by atoms with van der Waals surface area (Å²) in [5.41, 5.74) is 0.833. The second-order valence-corrected chi connectivity index (χ2v) is 3.86. The molecule has 1 aromatic carbocycles. The molecule has 0 aliphatic carbocycles. The lowest BCUT2D eigenvalue weighted by Gasteiger charge is -2.14. The highest BCUT2D eigenvalue weighted by atomic mass is 16.5. The van der Waals surface area contributed by atoms with Gasteiger partial charge in [0.15, 0.2) is 0 Å². The number of hydrogen-bond acceptors (Lipinski definition) is 3. The van der Waals surface area contributed by atoms with E-state index in [0.29, 0.717) is 5.75 Å². The SMILES string of the molecule is CCC(=O)NC(Cc1ccc(OC)cc1)C(=O)O. The Morgan fingerprint density at radius 3 is 2.39 bits per heavy atom. The third-order valence-electron chi connectivity index (χ3n) is 2.55. The molecule has 1 aromatic rings. The summed E-state index contributed by atoms with van der Waals surface area (Å²) in [7, 11) is 1.57. The highest BCUT2D eigenvalue weighted by Crippen LogP contribution is 2.12. The molecule has 0 saturated carbocycles. The van der Waals surface area contributed by atoms with Gasteiger partial charge in [-0.15, -0.1) is 0 Å². The third-order valence-corrected chi connectivity index (χ3v) is 2.55. The van der Waals surface area contributed by atoms with E-state index in [0.717, 1.165) is 5.56 Å². The van der Waals surface area contributed by atoms with Crippen LogP contribution in [0.2, 0.25) is 0 Å². The van der Waals surface area contributed by atoms with E-state index < -0.39 is 12.0 Å². The smallest absolute Gasteiger partial charge is 0.326 e. The molecular weight excluding hydrogens is 234 g/mol. The van der Waals surface area contributed by atoms with E-state index in [1.54, 1.807) is 38.3 Å². The first-order valence-corrected chi connectivity index (χ1v) is 5.72. The van der Waals surface area contributed by atoms with Gasteiger partial charge in [0.1, 0.15) is 11.8 Å². The fourth-order valence-electron chi connectivity index (χ4n) is 1.49. The summed E-state index contributed by atoms with van der Waals surface area (Å²) in [6.07, 6.45) is 0.525. The summed E-state index contributed by atoms with van der Waals surface area (Å²) in [5.74, 6) is -0.591. The van der Waals surface area contributed by atoms with Crippen molar-refractivity contribution in [3.8, 4) is 5.75 Å². The van der Waals surface area contributed by atoms with Gasteiger partial charge in [0, 0.05) is 12.8 Å². The van der Waals surface area contributed by atoms with E-state index in [-0.39, 0.29) is 18.7 Å². The predicted molar refractivity (Wildman–Crippen MR) is 66.6 cm³/mol. The van der Waals surface area contributed by atoms with Gasteiger partial charge in [-0.2, -0.15) is 0 Å². The Hall–Kier alpha value is -2.04. The lowest BCUT2D eigenvalue weighted by Crippen LogP contribution is -2.42. The summed E-state index contributed by atoms with van der Waals surface area (Å²) < 4.78 is 5.02. The molecule has 18 heavy (non-hydrogen) atoms. The van der Waals surface area contributed by atoms with Crippen LogP contribution in [0.4, 0.5) is 0 Å². The number of rotatable bonds is 6. The van der Waals surface area contributed by atoms with Crippen molar-refractivity contribution in [3.05, 3.63) is 29.8 Å². The van der Waals surface area contributed by atoms with E-state index in [1.807, 2.05) is 0 Å². The van der Waals surface area contributed by atoms with Crippen LogP contribution in [0.1, 0.15) is 18.9 Å². The number of ether oxygens (including phenoxy) is 1. The van der Waals surface area contributed by atoms with Gasteiger partial charge in [-0.05, 0) is 17.7 Å². The number of carboxylic acid groups (broad SMARTS) is 1. The standard InChI is InChI=1S/C13H17NO4/c1-3-12(15)14-11(13(16)17)8-9-4-6-10(18-2)7-5-9/h4-7,11H,3,8H2,1-2H3,(H,14,15)(H,16,17). The van der Waals surface area contributed by atoms with Crippen molar-refractivity contribution in [2.75, 3.05) is 7.11 Å². The molecule has 98 valence electrons. The molecule has 1 amide bonds. The summed E-state index contributed by atoms with van der Waals surface area (Å²) in [6, 6.07) is 6.19. The summed E-state index contributed by atoms with van der Waals surface area (Å²) >= 11 is 0. The first kappa shape index (κ1) is 14.0. The monoisotopic (exact) mass is 251 g/mol. The van der Waals surface area contributed by atoms with Gasteiger partial charge >= 0.3 is 5.97 Å². The number of carbonyl (C=O) groups is 2. The zero-order chi connectivity index (χ0) is 13.5. The predicted octanol–water partition coefficient (Wildman–Crippen LogP) is 1.22. The largest absolute Gasteiger partial charge is 0.497 e. The molecule has 0 spiro atoms. The Morgan fingerprint density at radius 2 is 1.94 bits per heavy atom. The van der Waals surface area contributed by atoms with Gasteiger partial charge in [-0.3, -0.25) is 4.79 Å². The minimum absolute atomic E-state index is 0.255. The molecule has 0 saturated heterocycles. The van der Waals surface area contributed by atoms with Crippen molar-refractivity contribution in [2.45, 2.75) is 25.8 Å². The number of methoxy groups -OCH3 is 1. The molecule has 0 aromatic heterocycles. The highest BCUT2D eigenvalue weighted by molar-refractivity contribution is 5.83. The third kappa shape index (κ3) is 4.08. The van der Waals surface area contributed by atoms with Crippen molar-refractivity contribution in [1.29, 1.82) is 0 Å². The minimum Gasteiger partial charge on any atom is -0.497 e. The van der Waals surface area contributed by atoms with Crippen molar-refractivity contribution < 1.29 is 19.4 Å². The van der Waals surface area contributed by atoms with E-state index in [4.69, 9.17) is 9.84 Å². The number of hydrogen-bond donors (Lipinski definition) is 2. The molecule has 2 N–H and O–H groups in total. The topological polar surface area (TPSA) is 75.6 Å². The van der Waals surface area contributed by atoms with Gasteiger partial charge in [-0.1, -0.05) is 19.1 Å². The van der Waals surface area contributed by atoms with E-state index in [2.05, 4.69) is 5.32 Å². The molecule has 0 fully saturated rings. The van der Waals surface area contributed by atoms with Crippen molar-refractivity contribution in [2.24, 2.45) is 0 Å². The molecular formula is C13H17NO4. The van der Waals surface area contributed by atoms with Gasteiger partial charge in [0.05, 0.1) is 7.11 Å². The molecule has 0 aliphatic heterocycles. The second kappa shape index (κ2) is 6.64. The maximum absolute atomic E-state index is 11.2. The van der Waals surface area contributed by atoms with Gasteiger partial charge < -0.3 is 15.2 Å². The molecule has 1 atom stereocenters. The normalized spacial score (nSPS) is 11.7. The van der Waals surface area contributed by atoms with Gasteiger partial charge in [0.25, 0.3) is 0 Å². The van der Waals surface area contributed by atoms with E-state index >= 15 is 0 Å². The number of aliphatic carboxylic acids is 1. The van der Waals surface area contributed by atoms with Crippen LogP contribution in [0.25, 0.3) is 0 Å². The Morgan fingerprint density at radius 1 is 1.33 bits per heavy atom. The second-order valence-electron chi connectivity index (χ2n) is 3.86. The average molecular weight is 251 g/mol. The summed E-state index contributed by atoms with van der Waals surface area (Å²) in [6.45, 7) is 1.68. The van der Waals surface area contributed by atoms with Crippen LogP contribution in [0.15, 0.2) is 24.3 Å². The number of carbonyl (C=O) groups excluding carboxylic acids is 1. The summed E-state index contributed by atoms with van der Waals surface area (Å²) in [5, 5.41) is 11.5. The fourth-order valence-corrected chi connectivity index (χ4v) is 1.49. The first-order chi connectivity index (χ1) is 8.56. The Balaban J connectivity index is 2.70. The lowest BCUT2D eigenvalue weighted by molar-refractivity contribution is -0.141. The fraction of sp³-hybridized carbons (Fsp3) is 0.385. The molecule has 5 heteroatoms. The minimum atomic E-state index is -1.03. The Labute approximate surface area is 106 Å². The van der Waals surface area contributed by atoms with Gasteiger partial charge in [-0.25, -0.2) is 4.79 Å². The van der Waals surface area contributed by atoms with Gasteiger partial charge in [0.2, 0.25) is 5.91 Å². The van der Waals surface area contributed by atoms with Crippen molar-refractivity contribution in [3.63, 3.8) is 0 Å². The zero-order valence-electron chi connectivity index (χ0n) is 10.5. The number of nitrogens with one attached hydrogen (secondary N) is 1. The highest BCUT2D eigenvalue weighted by Gasteiger charge is 2.19. The lowest BCUT2D eigenvalue weighted by atomic mass is 10.1. The van der Waals surface area contributed by atoms with Crippen LogP contribution in [0, 0.1) is 0 Å². The quantitative estimate of drug-likeness (QED) is 0.797. The molecule has 0 heterocycles. The summed E-state index contributed by atoms with van der Waals surface area (Å²) in [4.78, 5) is 22.3.